The monoisotopic (exact) mass is 267 g/mol. The molecular formula is C14H21NO2S. The van der Waals surface area contributed by atoms with E-state index in [0.29, 0.717) is 11.8 Å². The predicted octanol–water partition coefficient (Wildman–Crippen LogP) is 3.34. The summed E-state index contributed by atoms with van der Waals surface area (Å²) in [6, 6.07) is 8.25. The van der Waals surface area contributed by atoms with E-state index in [1.807, 2.05) is 35.8 Å². The summed E-state index contributed by atoms with van der Waals surface area (Å²) < 4.78 is 0. The SMILES string of the molecule is CC(C)Sc1ccc(N(C)CC(C)C(=O)O)cc1. The molecule has 0 spiro atoms. The van der Waals surface area contributed by atoms with Crippen molar-refractivity contribution in [3.63, 3.8) is 0 Å². The van der Waals surface area contributed by atoms with Gasteiger partial charge in [0.1, 0.15) is 0 Å². The molecule has 1 N–H and O–H groups in total. The highest BCUT2D eigenvalue weighted by molar-refractivity contribution is 7.99. The van der Waals surface area contributed by atoms with Crippen molar-refractivity contribution in [3.8, 4) is 0 Å². The lowest BCUT2D eigenvalue weighted by atomic mass is 10.1. The van der Waals surface area contributed by atoms with Gasteiger partial charge in [0.2, 0.25) is 0 Å². The van der Waals surface area contributed by atoms with Crippen molar-refractivity contribution in [2.75, 3.05) is 18.5 Å². The maximum atomic E-state index is 10.8. The molecule has 1 aromatic rings. The molecule has 100 valence electrons. The van der Waals surface area contributed by atoms with Crippen molar-refractivity contribution in [2.24, 2.45) is 5.92 Å². The number of rotatable bonds is 6. The van der Waals surface area contributed by atoms with Crippen LogP contribution in [-0.2, 0) is 4.79 Å². The van der Waals surface area contributed by atoms with Crippen molar-refractivity contribution >= 4 is 23.4 Å². The second-order valence-corrected chi connectivity index (χ2v) is 6.43. The van der Waals surface area contributed by atoms with Crippen molar-refractivity contribution in [1.82, 2.24) is 0 Å². The van der Waals surface area contributed by atoms with E-state index in [2.05, 4.69) is 26.0 Å². The van der Waals surface area contributed by atoms with Crippen molar-refractivity contribution in [1.29, 1.82) is 0 Å². The maximum Gasteiger partial charge on any atom is 0.308 e. The van der Waals surface area contributed by atoms with Crippen LogP contribution in [0, 0.1) is 5.92 Å². The zero-order valence-corrected chi connectivity index (χ0v) is 12.2. The largest absolute Gasteiger partial charge is 0.481 e. The quantitative estimate of drug-likeness (QED) is 0.803. The van der Waals surface area contributed by atoms with Crippen LogP contribution in [0.1, 0.15) is 20.8 Å². The van der Waals surface area contributed by atoms with Crippen LogP contribution in [0.3, 0.4) is 0 Å². The summed E-state index contributed by atoms with van der Waals surface area (Å²) in [5.74, 6) is -1.12. The molecule has 0 radical (unpaired) electrons. The molecule has 0 bridgehead atoms. The summed E-state index contributed by atoms with van der Waals surface area (Å²) in [6.45, 7) is 6.58. The zero-order chi connectivity index (χ0) is 13.7. The Bertz CT molecular complexity index is 389. The Morgan fingerprint density at radius 1 is 1.28 bits per heavy atom. The first-order chi connectivity index (χ1) is 8.40. The molecule has 0 amide bonds. The van der Waals surface area contributed by atoms with Gasteiger partial charge < -0.3 is 10.0 Å². The molecular weight excluding hydrogens is 246 g/mol. The van der Waals surface area contributed by atoms with Gasteiger partial charge in [-0.2, -0.15) is 0 Å². The van der Waals surface area contributed by atoms with Crippen LogP contribution < -0.4 is 4.90 Å². The van der Waals surface area contributed by atoms with Crippen LogP contribution in [0.5, 0.6) is 0 Å². The first-order valence-corrected chi connectivity index (χ1v) is 6.98. The van der Waals surface area contributed by atoms with Gasteiger partial charge in [-0.05, 0) is 24.3 Å². The van der Waals surface area contributed by atoms with E-state index in [9.17, 15) is 4.79 Å². The molecule has 3 nitrogen and oxygen atoms in total. The summed E-state index contributed by atoms with van der Waals surface area (Å²) in [5, 5.41) is 9.46. The van der Waals surface area contributed by atoms with Crippen molar-refractivity contribution in [3.05, 3.63) is 24.3 Å². The highest BCUT2D eigenvalue weighted by atomic mass is 32.2. The molecule has 18 heavy (non-hydrogen) atoms. The van der Waals surface area contributed by atoms with Crippen LogP contribution in [0.25, 0.3) is 0 Å². The van der Waals surface area contributed by atoms with Crippen molar-refractivity contribution < 1.29 is 9.90 Å². The fraction of sp³-hybridized carbons (Fsp3) is 0.500. The van der Waals surface area contributed by atoms with E-state index in [0.717, 1.165) is 5.69 Å². The third kappa shape index (κ3) is 4.61. The van der Waals surface area contributed by atoms with E-state index < -0.39 is 5.97 Å². The number of hydrogen-bond acceptors (Lipinski definition) is 3. The third-order valence-corrected chi connectivity index (χ3v) is 3.63. The Kier molecular flexibility index (Phi) is 5.54. The van der Waals surface area contributed by atoms with Gasteiger partial charge in [-0.25, -0.2) is 0 Å². The van der Waals surface area contributed by atoms with Gasteiger partial charge in [0.05, 0.1) is 5.92 Å². The standard InChI is InChI=1S/C14H21NO2S/c1-10(2)18-13-7-5-12(6-8-13)15(4)9-11(3)14(16)17/h5-8,10-11H,9H2,1-4H3,(H,16,17). The van der Waals surface area contributed by atoms with Gasteiger partial charge in [-0.15, -0.1) is 11.8 Å². The summed E-state index contributed by atoms with van der Waals surface area (Å²) in [4.78, 5) is 14.0. The molecule has 1 aromatic carbocycles. The molecule has 0 saturated carbocycles. The minimum absolute atomic E-state index is 0.361. The second-order valence-electron chi connectivity index (χ2n) is 4.78. The first-order valence-electron chi connectivity index (χ1n) is 6.10. The van der Waals surface area contributed by atoms with E-state index in [-0.39, 0.29) is 5.92 Å². The smallest absolute Gasteiger partial charge is 0.308 e. The highest BCUT2D eigenvalue weighted by Crippen LogP contribution is 2.25. The average molecular weight is 267 g/mol. The lowest BCUT2D eigenvalue weighted by molar-refractivity contribution is -0.140. The summed E-state index contributed by atoms with van der Waals surface area (Å²) >= 11 is 1.83. The summed E-state index contributed by atoms with van der Waals surface area (Å²) in [5.41, 5.74) is 1.05. The molecule has 0 aromatic heterocycles. The highest BCUT2D eigenvalue weighted by Gasteiger charge is 2.13. The van der Waals surface area contributed by atoms with E-state index in [1.54, 1.807) is 6.92 Å². The van der Waals surface area contributed by atoms with Gasteiger partial charge in [-0.1, -0.05) is 20.8 Å². The lowest BCUT2D eigenvalue weighted by Gasteiger charge is -2.21. The van der Waals surface area contributed by atoms with Crippen LogP contribution in [0.2, 0.25) is 0 Å². The van der Waals surface area contributed by atoms with Gasteiger partial charge >= 0.3 is 5.97 Å². The molecule has 0 heterocycles. The minimum atomic E-state index is -0.756. The van der Waals surface area contributed by atoms with Gasteiger partial charge in [0.25, 0.3) is 0 Å². The van der Waals surface area contributed by atoms with Crippen LogP contribution in [0.4, 0.5) is 5.69 Å². The fourth-order valence-corrected chi connectivity index (χ4v) is 2.48. The zero-order valence-electron chi connectivity index (χ0n) is 11.4. The molecule has 0 aliphatic carbocycles. The summed E-state index contributed by atoms with van der Waals surface area (Å²) in [6.07, 6.45) is 0. The topological polar surface area (TPSA) is 40.5 Å². The first kappa shape index (κ1) is 14.9. The van der Waals surface area contributed by atoms with Crippen LogP contribution >= 0.6 is 11.8 Å². The number of carbonyl (C=O) groups is 1. The Morgan fingerprint density at radius 3 is 2.28 bits per heavy atom. The number of aliphatic carboxylic acids is 1. The minimum Gasteiger partial charge on any atom is -0.481 e. The molecule has 0 aliphatic heterocycles. The van der Waals surface area contributed by atoms with E-state index in [4.69, 9.17) is 5.11 Å². The number of hydrogen-bond donors (Lipinski definition) is 1. The van der Waals surface area contributed by atoms with Crippen molar-refractivity contribution in [2.45, 2.75) is 30.9 Å². The number of carboxylic acids is 1. The molecule has 1 atom stereocenters. The third-order valence-electron chi connectivity index (χ3n) is 2.62. The Morgan fingerprint density at radius 2 is 1.83 bits per heavy atom. The molecule has 1 rings (SSSR count). The number of benzene rings is 1. The predicted molar refractivity (Wildman–Crippen MR) is 77.5 cm³/mol. The Labute approximate surface area is 113 Å². The molecule has 0 aliphatic rings. The van der Waals surface area contributed by atoms with Crippen LogP contribution in [-0.4, -0.2) is 29.9 Å². The maximum absolute atomic E-state index is 10.8. The molecule has 1 unspecified atom stereocenters. The Hall–Kier alpha value is -1.16. The number of thioether (sulfide) groups is 1. The number of anilines is 1. The number of carboxylic acid groups (broad SMARTS) is 1. The molecule has 4 heteroatoms. The molecule has 0 fully saturated rings. The fourth-order valence-electron chi connectivity index (χ4n) is 1.65. The molecule has 0 saturated heterocycles. The average Bonchev–Trinajstić information content (AvgIpc) is 2.28. The van der Waals surface area contributed by atoms with Gasteiger partial charge in [-0.3, -0.25) is 4.79 Å². The normalized spacial score (nSPS) is 12.5. The van der Waals surface area contributed by atoms with E-state index in [1.165, 1.54) is 4.90 Å². The van der Waals surface area contributed by atoms with Crippen LogP contribution in [0.15, 0.2) is 29.2 Å². The summed E-state index contributed by atoms with van der Waals surface area (Å²) in [7, 11) is 1.92. The Balaban J connectivity index is 2.64. The van der Waals surface area contributed by atoms with E-state index >= 15 is 0 Å². The lowest BCUT2D eigenvalue weighted by Crippen LogP contribution is -2.28. The number of nitrogens with zero attached hydrogens (tertiary/aromatic N) is 1. The van der Waals surface area contributed by atoms with Gasteiger partial charge in [0, 0.05) is 29.4 Å². The second kappa shape index (κ2) is 6.69. The van der Waals surface area contributed by atoms with Gasteiger partial charge in [0.15, 0.2) is 0 Å².